The molecule has 0 unspecified atom stereocenters. The van der Waals surface area contributed by atoms with E-state index in [2.05, 4.69) is 18.2 Å². The average Bonchev–Trinajstić information content (AvgIpc) is 2.82. The molecule has 1 aliphatic carbocycles. The molecule has 1 heterocycles. The first-order valence-electron chi connectivity index (χ1n) is 9.01. The SMILES string of the molecule is CC.COC(=O)C1=Cc2cc(B3OC(C)(C)C(C)(C)O3)ccc2CC1. The molecule has 0 radical (unpaired) electrons. The second-order valence-corrected chi connectivity index (χ2v) is 7.21. The zero-order valence-electron chi connectivity index (χ0n) is 16.4. The summed E-state index contributed by atoms with van der Waals surface area (Å²) in [4.78, 5) is 11.7. The van der Waals surface area contributed by atoms with Gasteiger partial charge in [-0.05, 0) is 63.2 Å². The third-order valence-electron chi connectivity index (χ3n) is 5.14. The van der Waals surface area contributed by atoms with Gasteiger partial charge in [0.1, 0.15) is 0 Å². The van der Waals surface area contributed by atoms with Gasteiger partial charge >= 0.3 is 13.1 Å². The van der Waals surface area contributed by atoms with Gasteiger partial charge in [-0.25, -0.2) is 4.79 Å². The van der Waals surface area contributed by atoms with E-state index in [9.17, 15) is 4.79 Å². The molecular formula is C20H29BO4. The lowest BCUT2D eigenvalue weighted by Gasteiger charge is -2.32. The van der Waals surface area contributed by atoms with Gasteiger partial charge in [-0.15, -0.1) is 0 Å². The maximum atomic E-state index is 11.7. The van der Waals surface area contributed by atoms with E-state index >= 15 is 0 Å². The van der Waals surface area contributed by atoms with Crippen LogP contribution >= 0.6 is 0 Å². The Kier molecular flexibility index (Phi) is 5.80. The van der Waals surface area contributed by atoms with Crippen LogP contribution in [0.3, 0.4) is 0 Å². The molecule has 0 N–H and O–H groups in total. The molecule has 1 saturated heterocycles. The average molecular weight is 344 g/mol. The van der Waals surface area contributed by atoms with Crippen molar-refractivity contribution >= 4 is 24.6 Å². The monoisotopic (exact) mass is 344 g/mol. The highest BCUT2D eigenvalue weighted by atomic mass is 16.7. The van der Waals surface area contributed by atoms with Crippen molar-refractivity contribution in [1.29, 1.82) is 0 Å². The fourth-order valence-electron chi connectivity index (χ4n) is 2.92. The summed E-state index contributed by atoms with van der Waals surface area (Å²) in [5.41, 5.74) is 3.25. The standard InChI is InChI=1S/C18H23BO4.C2H6/c1-17(2)18(3,4)23-19(22-17)15-9-8-12-6-7-13(16(20)21-5)10-14(12)11-15;1-2/h8-11H,6-7H2,1-5H3;1-2H3. The van der Waals surface area contributed by atoms with E-state index in [4.69, 9.17) is 14.0 Å². The van der Waals surface area contributed by atoms with Crippen LogP contribution in [0.15, 0.2) is 23.8 Å². The van der Waals surface area contributed by atoms with E-state index in [0.717, 1.165) is 23.9 Å². The molecule has 4 nitrogen and oxygen atoms in total. The molecule has 1 aliphatic heterocycles. The molecule has 1 aromatic rings. The molecule has 0 bridgehead atoms. The molecule has 0 atom stereocenters. The Morgan fingerprint density at radius 2 is 1.68 bits per heavy atom. The zero-order chi connectivity index (χ0) is 18.8. The molecule has 1 aromatic carbocycles. The molecule has 0 aromatic heterocycles. The molecule has 0 amide bonds. The van der Waals surface area contributed by atoms with E-state index in [1.165, 1.54) is 12.7 Å². The Morgan fingerprint density at radius 3 is 2.24 bits per heavy atom. The second kappa shape index (κ2) is 7.34. The van der Waals surface area contributed by atoms with E-state index in [0.29, 0.717) is 5.57 Å². The predicted molar refractivity (Wildman–Crippen MR) is 102 cm³/mol. The van der Waals surface area contributed by atoms with E-state index in [-0.39, 0.29) is 24.3 Å². The van der Waals surface area contributed by atoms with Crippen LogP contribution in [0, 0.1) is 0 Å². The van der Waals surface area contributed by atoms with Crippen molar-refractivity contribution in [3.05, 3.63) is 34.9 Å². The van der Waals surface area contributed by atoms with Gasteiger partial charge in [0.2, 0.25) is 0 Å². The highest BCUT2D eigenvalue weighted by molar-refractivity contribution is 6.62. The van der Waals surface area contributed by atoms with E-state index < -0.39 is 0 Å². The first-order valence-corrected chi connectivity index (χ1v) is 9.01. The van der Waals surface area contributed by atoms with Crippen molar-refractivity contribution in [3.63, 3.8) is 0 Å². The quantitative estimate of drug-likeness (QED) is 0.608. The highest BCUT2D eigenvalue weighted by Crippen LogP contribution is 2.36. The number of carbonyl (C=O) groups is 1. The number of rotatable bonds is 2. The van der Waals surface area contributed by atoms with Gasteiger partial charge in [0.25, 0.3) is 0 Å². The summed E-state index contributed by atoms with van der Waals surface area (Å²) < 4.78 is 17.0. The van der Waals surface area contributed by atoms with Gasteiger partial charge in [-0.1, -0.05) is 32.0 Å². The number of aryl methyl sites for hydroxylation is 1. The summed E-state index contributed by atoms with van der Waals surface area (Å²) in [6, 6.07) is 6.21. The molecule has 2 aliphatic rings. The van der Waals surface area contributed by atoms with Gasteiger partial charge in [0, 0.05) is 5.57 Å². The van der Waals surface area contributed by atoms with Crippen molar-refractivity contribution in [3.8, 4) is 0 Å². The van der Waals surface area contributed by atoms with Crippen LogP contribution in [-0.2, 0) is 25.3 Å². The van der Waals surface area contributed by atoms with Crippen molar-refractivity contribution in [2.45, 2.75) is 65.6 Å². The smallest absolute Gasteiger partial charge is 0.466 e. The first kappa shape index (κ1) is 19.7. The number of methoxy groups -OCH3 is 1. The minimum atomic E-state index is -0.387. The third-order valence-corrected chi connectivity index (χ3v) is 5.14. The highest BCUT2D eigenvalue weighted by Gasteiger charge is 2.51. The lowest BCUT2D eigenvalue weighted by molar-refractivity contribution is -0.136. The van der Waals surface area contributed by atoms with Gasteiger partial charge in [-0.3, -0.25) is 0 Å². The molecule has 136 valence electrons. The van der Waals surface area contributed by atoms with Crippen molar-refractivity contribution < 1.29 is 18.8 Å². The molecule has 0 spiro atoms. The van der Waals surface area contributed by atoms with Crippen molar-refractivity contribution in [1.82, 2.24) is 0 Å². The van der Waals surface area contributed by atoms with Crippen LogP contribution in [0.25, 0.3) is 6.08 Å². The normalized spacial score (nSPS) is 20.1. The lowest BCUT2D eigenvalue weighted by Crippen LogP contribution is -2.41. The Hall–Kier alpha value is -1.59. The van der Waals surface area contributed by atoms with E-state index in [1.807, 2.05) is 47.6 Å². The maximum absolute atomic E-state index is 11.7. The lowest BCUT2D eigenvalue weighted by atomic mass is 9.76. The number of fused-ring (bicyclic) bond motifs is 1. The number of carbonyl (C=O) groups excluding carboxylic acids is 1. The number of benzene rings is 1. The predicted octanol–water partition coefficient (Wildman–Crippen LogP) is 3.51. The van der Waals surface area contributed by atoms with Gasteiger partial charge in [-0.2, -0.15) is 0 Å². The number of ether oxygens (including phenoxy) is 1. The Bertz CT molecular complexity index is 660. The molecule has 0 saturated carbocycles. The van der Waals surface area contributed by atoms with Crippen LogP contribution in [-0.4, -0.2) is 31.4 Å². The third kappa shape index (κ3) is 3.83. The summed E-state index contributed by atoms with van der Waals surface area (Å²) in [5, 5.41) is 0. The van der Waals surface area contributed by atoms with Crippen LogP contribution < -0.4 is 5.46 Å². The van der Waals surface area contributed by atoms with Gasteiger partial charge < -0.3 is 14.0 Å². The molecule has 1 fully saturated rings. The molecule has 5 heteroatoms. The summed E-state index contributed by atoms with van der Waals surface area (Å²) in [6.07, 6.45) is 3.48. The summed E-state index contributed by atoms with van der Waals surface area (Å²) >= 11 is 0. The summed E-state index contributed by atoms with van der Waals surface area (Å²) in [5.74, 6) is -0.253. The maximum Gasteiger partial charge on any atom is 0.494 e. The van der Waals surface area contributed by atoms with E-state index in [1.54, 1.807) is 0 Å². The van der Waals surface area contributed by atoms with Crippen LogP contribution in [0.2, 0.25) is 0 Å². The van der Waals surface area contributed by atoms with Crippen LogP contribution in [0.5, 0.6) is 0 Å². The van der Waals surface area contributed by atoms with Crippen LogP contribution in [0.4, 0.5) is 0 Å². The van der Waals surface area contributed by atoms with Crippen molar-refractivity contribution in [2.24, 2.45) is 0 Å². The minimum absolute atomic E-state index is 0.253. The summed E-state index contributed by atoms with van der Waals surface area (Å²) in [6.45, 7) is 12.2. The topological polar surface area (TPSA) is 44.8 Å². The van der Waals surface area contributed by atoms with Gasteiger partial charge in [0.15, 0.2) is 0 Å². The largest absolute Gasteiger partial charge is 0.494 e. The number of hydrogen-bond donors (Lipinski definition) is 0. The fraction of sp³-hybridized carbons (Fsp3) is 0.550. The molecule has 3 rings (SSSR count). The molecular weight excluding hydrogens is 315 g/mol. The number of hydrogen-bond acceptors (Lipinski definition) is 4. The summed E-state index contributed by atoms with van der Waals surface area (Å²) in [7, 11) is 1.03. The second-order valence-electron chi connectivity index (χ2n) is 7.21. The Balaban J connectivity index is 0.00000109. The zero-order valence-corrected chi connectivity index (χ0v) is 16.4. The number of esters is 1. The van der Waals surface area contributed by atoms with Crippen LogP contribution in [0.1, 0.15) is 59.1 Å². The Morgan fingerprint density at radius 1 is 1.08 bits per heavy atom. The minimum Gasteiger partial charge on any atom is -0.466 e. The van der Waals surface area contributed by atoms with Crippen molar-refractivity contribution in [2.75, 3.05) is 7.11 Å². The Labute approximate surface area is 151 Å². The van der Waals surface area contributed by atoms with Gasteiger partial charge in [0.05, 0.1) is 18.3 Å². The fourth-order valence-corrected chi connectivity index (χ4v) is 2.92. The molecule has 25 heavy (non-hydrogen) atoms. The first-order chi connectivity index (χ1) is 11.7.